The minimum absolute atomic E-state index is 0.102. The third kappa shape index (κ3) is 3.92. The second kappa shape index (κ2) is 7.43. The summed E-state index contributed by atoms with van der Waals surface area (Å²) >= 11 is 0. The third-order valence-corrected chi connectivity index (χ3v) is 5.51. The Kier molecular flexibility index (Phi) is 5.31. The van der Waals surface area contributed by atoms with Gasteiger partial charge in [0.2, 0.25) is 5.91 Å². The maximum Gasteiger partial charge on any atom is 0.226 e. The first kappa shape index (κ1) is 16.4. The van der Waals surface area contributed by atoms with Gasteiger partial charge >= 0.3 is 0 Å². The summed E-state index contributed by atoms with van der Waals surface area (Å²) in [5, 5.41) is 3.26. The van der Waals surface area contributed by atoms with Gasteiger partial charge in [0.1, 0.15) is 5.82 Å². The number of rotatable bonds is 6. The van der Waals surface area contributed by atoms with E-state index in [1.165, 1.54) is 25.0 Å². The molecule has 4 heteroatoms. The van der Waals surface area contributed by atoms with E-state index in [0.29, 0.717) is 17.9 Å². The van der Waals surface area contributed by atoms with E-state index in [1.807, 2.05) is 12.1 Å². The zero-order chi connectivity index (χ0) is 16.2. The van der Waals surface area contributed by atoms with Gasteiger partial charge in [0.25, 0.3) is 0 Å². The van der Waals surface area contributed by atoms with Crippen molar-refractivity contribution in [3.63, 3.8) is 0 Å². The molecule has 2 fully saturated rings. The van der Waals surface area contributed by atoms with E-state index in [0.717, 1.165) is 44.5 Å². The van der Waals surface area contributed by atoms with Crippen LogP contribution in [0.2, 0.25) is 0 Å². The van der Waals surface area contributed by atoms with Crippen LogP contribution in [0.15, 0.2) is 24.3 Å². The molecule has 1 saturated carbocycles. The van der Waals surface area contributed by atoms with Gasteiger partial charge in [0, 0.05) is 18.5 Å². The van der Waals surface area contributed by atoms with Gasteiger partial charge in [0.05, 0.1) is 0 Å². The smallest absolute Gasteiger partial charge is 0.226 e. The average molecular weight is 318 g/mol. The molecule has 1 amide bonds. The summed E-state index contributed by atoms with van der Waals surface area (Å²) in [6, 6.07) is 7.05. The molecule has 1 atom stereocenters. The van der Waals surface area contributed by atoms with Crippen LogP contribution in [-0.4, -0.2) is 36.5 Å². The minimum atomic E-state index is -0.205. The average Bonchev–Trinajstić information content (AvgIpc) is 3.01. The molecule has 1 heterocycles. The Labute approximate surface area is 138 Å². The van der Waals surface area contributed by atoms with Crippen molar-refractivity contribution in [1.82, 2.24) is 10.2 Å². The number of carbonyl (C=O) groups excluding carboxylic acids is 1. The minimum Gasteiger partial charge on any atom is -0.339 e. The molecular formula is C19H27FN2O. The lowest BCUT2D eigenvalue weighted by molar-refractivity contribution is -0.139. The van der Waals surface area contributed by atoms with Crippen LogP contribution >= 0.6 is 0 Å². The SMILES string of the molecule is CC(C(=O)N(CCc1ccc(F)cc1)C1CCCC1)C1CNC1. The highest BCUT2D eigenvalue weighted by Gasteiger charge is 2.34. The van der Waals surface area contributed by atoms with Gasteiger partial charge in [-0.3, -0.25) is 4.79 Å². The number of benzene rings is 1. The van der Waals surface area contributed by atoms with E-state index in [4.69, 9.17) is 0 Å². The van der Waals surface area contributed by atoms with Gasteiger partial charge in [-0.15, -0.1) is 0 Å². The van der Waals surface area contributed by atoms with Gasteiger partial charge in [-0.2, -0.15) is 0 Å². The number of hydrogen-bond donors (Lipinski definition) is 1. The van der Waals surface area contributed by atoms with Crippen molar-refractivity contribution in [2.24, 2.45) is 11.8 Å². The first-order valence-electron chi connectivity index (χ1n) is 8.91. The Morgan fingerprint density at radius 2 is 1.91 bits per heavy atom. The molecule has 0 radical (unpaired) electrons. The molecule has 1 aliphatic carbocycles. The first-order valence-corrected chi connectivity index (χ1v) is 8.91. The van der Waals surface area contributed by atoms with Crippen molar-refractivity contribution < 1.29 is 9.18 Å². The molecular weight excluding hydrogens is 291 g/mol. The van der Waals surface area contributed by atoms with Crippen LogP contribution in [0.3, 0.4) is 0 Å². The van der Waals surface area contributed by atoms with Crippen molar-refractivity contribution in [1.29, 1.82) is 0 Å². The maximum atomic E-state index is 13.0. The van der Waals surface area contributed by atoms with Gasteiger partial charge < -0.3 is 10.2 Å². The Bertz CT molecular complexity index is 521. The lowest BCUT2D eigenvalue weighted by Gasteiger charge is -2.37. The Morgan fingerprint density at radius 1 is 1.26 bits per heavy atom. The number of amides is 1. The van der Waals surface area contributed by atoms with Crippen molar-refractivity contribution in [2.75, 3.05) is 19.6 Å². The predicted molar refractivity (Wildman–Crippen MR) is 89.6 cm³/mol. The summed E-state index contributed by atoms with van der Waals surface area (Å²) in [5.41, 5.74) is 1.10. The monoisotopic (exact) mass is 318 g/mol. The lowest BCUT2D eigenvalue weighted by atomic mass is 9.87. The fourth-order valence-electron chi connectivity index (χ4n) is 3.72. The normalized spacial score (nSPS) is 20.3. The van der Waals surface area contributed by atoms with Crippen LogP contribution < -0.4 is 5.32 Å². The highest BCUT2D eigenvalue weighted by Crippen LogP contribution is 2.27. The summed E-state index contributed by atoms with van der Waals surface area (Å²) in [7, 11) is 0. The van der Waals surface area contributed by atoms with E-state index >= 15 is 0 Å². The van der Waals surface area contributed by atoms with Crippen LogP contribution in [0.25, 0.3) is 0 Å². The topological polar surface area (TPSA) is 32.3 Å². The largest absolute Gasteiger partial charge is 0.339 e. The Balaban J connectivity index is 1.64. The third-order valence-electron chi connectivity index (χ3n) is 5.51. The number of nitrogens with zero attached hydrogens (tertiary/aromatic N) is 1. The standard InChI is InChI=1S/C19H27FN2O/c1-14(16-12-21-13-16)19(23)22(18-4-2-3-5-18)11-10-15-6-8-17(20)9-7-15/h6-9,14,16,18,21H,2-5,10-13H2,1H3. The maximum absolute atomic E-state index is 13.0. The quantitative estimate of drug-likeness (QED) is 0.874. The van der Waals surface area contributed by atoms with Gasteiger partial charge in [0.15, 0.2) is 0 Å². The molecule has 0 spiro atoms. The molecule has 23 heavy (non-hydrogen) atoms. The molecule has 126 valence electrons. The summed E-state index contributed by atoms with van der Waals surface area (Å²) in [6.45, 7) is 4.75. The van der Waals surface area contributed by atoms with Crippen molar-refractivity contribution in [3.05, 3.63) is 35.6 Å². The fourth-order valence-corrected chi connectivity index (χ4v) is 3.72. The predicted octanol–water partition coefficient (Wildman–Crippen LogP) is 2.99. The van der Waals surface area contributed by atoms with Crippen LogP contribution in [0.5, 0.6) is 0 Å². The molecule has 1 aromatic carbocycles. The number of nitrogens with one attached hydrogen (secondary N) is 1. The van der Waals surface area contributed by atoms with E-state index < -0.39 is 0 Å². The molecule has 2 aliphatic rings. The molecule has 3 rings (SSSR count). The second-order valence-corrected chi connectivity index (χ2v) is 7.05. The molecule has 1 aromatic rings. The van der Waals surface area contributed by atoms with Crippen molar-refractivity contribution in [2.45, 2.75) is 45.1 Å². The van der Waals surface area contributed by atoms with Crippen molar-refractivity contribution >= 4 is 5.91 Å². The summed E-state index contributed by atoms with van der Waals surface area (Å²) in [4.78, 5) is 15.1. The van der Waals surface area contributed by atoms with Crippen LogP contribution in [0.1, 0.15) is 38.2 Å². The molecule has 1 N–H and O–H groups in total. The number of halogens is 1. The summed E-state index contributed by atoms with van der Waals surface area (Å²) in [6.07, 6.45) is 5.52. The first-order chi connectivity index (χ1) is 11.1. The highest BCUT2D eigenvalue weighted by atomic mass is 19.1. The van der Waals surface area contributed by atoms with Crippen molar-refractivity contribution in [3.8, 4) is 0 Å². The highest BCUT2D eigenvalue weighted by molar-refractivity contribution is 5.79. The van der Waals surface area contributed by atoms with Crippen LogP contribution in [-0.2, 0) is 11.2 Å². The Hall–Kier alpha value is -1.42. The van der Waals surface area contributed by atoms with Crippen LogP contribution in [0, 0.1) is 17.7 Å². The molecule has 1 saturated heterocycles. The van der Waals surface area contributed by atoms with Crippen LogP contribution in [0.4, 0.5) is 4.39 Å². The molecule has 1 aliphatic heterocycles. The molecule has 1 unspecified atom stereocenters. The van der Waals surface area contributed by atoms with Gasteiger partial charge in [-0.1, -0.05) is 31.9 Å². The van der Waals surface area contributed by atoms with E-state index in [-0.39, 0.29) is 11.7 Å². The zero-order valence-corrected chi connectivity index (χ0v) is 13.9. The second-order valence-electron chi connectivity index (χ2n) is 7.05. The summed E-state index contributed by atoms with van der Waals surface area (Å²) in [5.74, 6) is 0.691. The van der Waals surface area contributed by atoms with E-state index in [2.05, 4.69) is 17.1 Å². The molecule has 3 nitrogen and oxygen atoms in total. The Morgan fingerprint density at radius 3 is 2.48 bits per heavy atom. The van der Waals surface area contributed by atoms with E-state index in [9.17, 15) is 9.18 Å². The summed E-state index contributed by atoms with van der Waals surface area (Å²) < 4.78 is 13.0. The molecule has 0 bridgehead atoms. The lowest BCUT2D eigenvalue weighted by Crippen LogP contribution is -2.52. The van der Waals surface area contributed by atoms with Gasteiger partial charge in [-0.05, 0) is 56.0 Å². The van der Waals surface area contributed by atoms with E-state index in [1.54, 1.807) is 0 Å². The zero-order valence-electron chi connectivity index (χ0n) is 13.9. The van der Waals surface area contributed by atoms with Gasteiger partial charge in [-0.25, -0.2) is 4.39 Å². The number of hydrogen-bond acceptors (Lipinski definition) is 2. The molecule has 0 aromatic heterocycles. The fraction of sp³-hybridized carbons (Fsp3) is 0.632. The number of carbonyl (C=O) groups is 1.